The summed E-state index contributed by atoms with van der Waals surface area (Å²) in [7, 11) is 4.05. The van der Waals surface area contributed by atoms with Crippen molar-refractivity contribution >= 4 is 16.8 Å². The second-order valence-corrected chi connectivity index (χ2v) is 7.22. The van der Waals surface area contributed by atoms with Gasteiger partial charge in [-0.25, -0.2) is 0 Å². The van der Waals surface area contributed by atoms with Crippen LogP contribution in [0.25, 0.3) is 10.9 Å². The van der Waals surface area contributed by atoms with Gasteiger partial charge in [0.1, 0.15) is 5.69 Å². The summed E-state index contributed by atoms with van der Waals surface area (Å²) < 4.78 is 0. The lowest BCUT2D eigenvalue weighted by atomic mass is 9.94. The van der Waals surface area contributed by atoms with Crippen LogP contribution in [0.15, 0.2) is 54.9 Å². The van der Waals surface area contributed by atoms with Gasteiger partial charge in [0.2, 0.25) is 0 Å². The van der Waals surface area contributed by atoms with Crippen LogP contribution in [0.3, 0.4) is 0 Å². The number of nitrogens with one attached hydrogen (secondary N) is 1. The lowest BCUT2D eigenvalue weighted by Crippen LogP contribution is -2.34. The maximum absolute atomic E-state index is 12.9. The van der Waals surface area contributed by atoms with E-state index in [9.17, 15) is 4.79 Å². The number of hydrogen-bond donors (Lipinski definition) is 1. The summed E-state index contributed by atoms with van der Waals surface area (Å²) in [5.41, 5.74) is 2.88. The van der Waals surface area contributed by atoms with E-state index in [4.69, 9.17) is 0 Å². The Balaban J connectivity index is 1.51. The minimum atomic E-state index is 0.0423. The smallest absolute Gasteiger partial charge is 0.270 e. The van der Waals surface area contributed by atoms with Gasteiger partial charge < -0.3 is 9.88 Å². The number of rotatable bonds is 4. The highest BCUT2D eigenvalue weighted by Gasteiger charge is 2.34. The Bertz CT molecular complexity index is 872. The molecule has 5 nitrogen and oxygen atoms in total. The number of fused-ring (bicyclic) bond motifs is 1. The molecule has 2 aromatic heterocycles. The molecule has 0 radical (unpaired) electrons. The molecular weight excluding hydrogens is 324 g/mol. The maximum atomic E-state index is 12.9. The normalized spacial score (nSPS) is 20.5. The van der Waals surface area contributed by atoms with E-state index in [2.05, 4.69) is 28.0 Å². The standard InChI is InChI=1S/C21H24N4O/c1-24-11-9-17(20(24)16-7-5-10-22-13-16)14-25(2)21(26)19-12-15-6-3-4-8-18(15)23-19/h3-8,10,12-13,17,20,23H,9,11,14H2,1-2H3/t17-,20-/m0/s1. The molecule has 3 heterocycles. The first-order valence-corrected chi connectivity index (χ1v) is 9.07. The predicted molar refractivity (Wildman–Crippen MR) is 103 cm³/mol. The molecule has 0 aliphatic carbocycles. The molecule has 1 N–H and O–H groups in total. The fourth-order valence-corrected chi connectivity index (χ4v) is 4.12. The quantitative estimate of drug-likeness (QED) is 0.787. The van der Waals surface area contributed by atoms with Crippen molar-refractivity contribution in [2.45, 2.75) is 12.5 Å². The number of carbonyl (C=O) groups is 1. The Morgan fingerprint density at radius 3 is 2.92 bits per heavy atom. The van der Waals surface area contributed by atoms with Crippen LogP contribution in [0, 0.1) is 5.92 Å². The Morgan fingerprint density at radius 1 is 1.31 bits per heavy atom. The Kier molecular flexibility index (Phi) is 4.47. The monoisotopic (exact) mass is 348 g/mol. The highest BCUT2D eigenvalue weighted by molar-refractivity contribution is 5.97. The second-order valence-electron chi connectivity index (χ2n) is 7.22. The van der Waals surface area contributed by atoms with Crippen LogP contribution >= 0.6 is 0 Å². The fourth-order valence-electron chi connectivity index (χ4n) is 4.12. The predicted octanol–water partition coefficient (Wildman–Crippen LogP) is 3.33. The summed E-state index contributed by atoms with van der Waals surface area (Å²) >= 11 is 0. The molecule has 1 aliphatic heterocycles. The molecule has 5 heteroatoms. The summed E-state index contributed by atoms with van der Waals surface area (Å²) in [6.07, 6.45) is 4.83. The molecule has 0 unspecified atom stereocenters. The van der Waals surface area contributed by atoms with E-state index in [0.29, 0.717) is 17.7 Å². The van der Waals surface area contributed by atoms with Crippen LogP contribution in [-0.4, -0.2) is 52.9 Å². The van der Waals surface area contributed by atoms with Gasteiger partial charge in [-0.1, -0.05) is 24.3 Å². The lowest BCUT2D eigenvalue weighted by molar-refractivity contribution is 0.0756. The molecule has 1 aliphatic rings. The van der Waals surface area contributed by atoms with Gasteiger partial charge >= 0.3 is 0 Å². The minimum absolute atomic E-state index is 0.0423. The maximum Gasteiger partial charge on any atom is 0.270 e. The van der Waals surface area contributed by atoms with Crippen molar-refractivity contribution in [3.63, 3.8) is 0 Å². The Hall–Kier alpha value is -2.66. The largest absolute Gasteiger partial charge is 0.351 e. The van der Waals surface area contributed by atoms with Crippen molar-refractivity contribution < 1.29 is 4.79 Å². The number of benzene rings is 1. The molecule has 1 aromatic carbocycles. The van der Waals surface area contributed by atoms with Gasteiger partial charge in [0.05, 0.1) is 0 Å². The number of para-hydroxylation sites is 1. The average Bonchev–Trinajstić information content (AvgIpc) is 3.25. The first-order valence-electron chi connectivity index (χ1n) is 9.07. The molecule has 26 heavy (non-hydrogen) atoms. The summed E-state index contributed by atoms with van der Waals surface area (Å²) in [5.74, 6) is 0.447. The molecule has 1 fully saturated rings. The number of H-pyrrole nitrogens is 1. The van der Waals surface area contributed by atoms with E-state index in [1.807, 2.05) is 54.5 Å². The van der Waals surface area contributed by atoms with Gasteiger partial charge in [-0.2, -0.15) is 0 Å². The van der Waals surface area contributed by atoms with Crippen LogP contribution in [0.5, 0.6) is 0 Å². The molecule has 4 rings (SSSR count). The molecule has 2 atom stereocenters. The van der Waals surface area contributed by atoms with Gasteiger partial charge in [-0.3, -0.25) is 14.7 Å². The summed E-state index contributed by atoms with van der Waals surface area (Å²) in [4.78, 5) is 24.6. The summed E-state index contributed by atoms with van der Waals surface area (Å²) in [5, 5.41) is 1.07. The fraction of sp³-hybridized carbons (Fsp3) is 0.333. The average molecular weight is 348 g/mol. The molecule has 3 aromatic rings. The minimum Gasteiger partial charge on any atom is -0.351 e. The van der Waals surface area contributed by atoms with E-state index < -0.39 is 0 Å². The molecule has 1 amide bonds. The van der Waals surface area contributed by atoms with Crippen LogP contribution in [0.4, 0.5) is 0 Å². The van der Waals surface area contributed by atoms with Gasteiger partial charge in [0.15, 0.2) is 0 Å². The van der Waals surface area contributed by atoms with Crippen molar-refractivity contribution in [1.82, 2.24) is 19.8 Å². The van der Waals surface area contributed by atoms with E-state index in [0.717, 1.165) is 30.4 Å². The molecular formula is C21H24N4O. The summed E-state index contributed by atoms with van der Waals surface area (Å²) in [6, 6.07) is 14.3. The zero-order chi connectivity index (χ0) is 18.1. The number of pyridine rings is 1. The molecule has 1 saturated heterocycles. The topological polar surface area (TPSA) is 52.2 Å². The van der Waals surface area contributed by atoms with E-state index >= 15 is 0 Å². The number of aromatic nitrogens is 2. The van der Waals surface area contributed by atoms with Gasteiger partial charge in [0.25, 0.3) is 5.91 Å². The van der Waals surface area contributed by atoms with E-state index in [-0.39, 0.29) is 5.91 Å². The number of carbonyl (C=O) groups excluding carboxylic acids is 1. The van der Waals surface area contributed by atoms with Crippen molar-refractivity contribution in [2.75, 3.05) is 27.2 Å². The van der Waals surface area contributed by atoms with Gasteiger partial charge in [0, 0.05) is 42.9 Å². The zero-order valence-electron chi connectivity index (χ0n) is 15.2. The number of amides is 1. The van der Waals surface area contributed by atoms with Crippen LogP contribution in [-0.2, 0) is 0 Å². The van der Waals surface area contributed by atoms with E-state index in [1.165, 1.54) is 5.56 Å². The molecule has 0 spiro atoms. The number of nitrogens with zero attached hydrogens (tertiary/aromatic N) is 3. The number of aromatic amines is 1. The van der Waals surface area contributed by atoms with Crippen molar-refractivity contribution in [1.29, 1.82) is 0 Å². The SMILES string of the molecule is CN(C[C@@H]1CCN(C)[C@H]1c1cccnc1)C(=O)c1cc2ccccc2[nH]1. The molecule has 0 saturated carbocycles. The number of likely N-dealkylation sites (tertiary alicyclic amines) is 1. The van der Waals surface area contributed by atoms with Gasteiger partial charge in [-0.05, 0) is 49.7 Å². The zero-order valence-corrected chi connectivity index (χ0v) is 15.2. The Labute approximate surface area is 153 Å². The van der Waals surface area contributed by atoms with Crippen molar-refractivity contribution in [3.8, 4) is 0 Å². The highest BCUT2D eigenvalue weighted by Crippen LogP contribution is 2.36. The summed E-state index contributed by atoms with van der Waals surface area (Å²) in [6.45, 7) is 1.77. The third-order valence-corrected chi connectivity index (χ3v) is 5.42. The lowest BCUT2D eigenvalue weighted by Gasteiger charge is -2.28. The van der Waals surface area contributed by atoms with E-state index in [1.54, 1.807) is 6.20 Å². The molecule has 0 bridgehead atoms. The van der Waals surface area contributed by atoms with Crippen LogP contribution < -0.4 is 0 Å². The third-order valence-electron chi connectivity index (χ3n) is 5.42. The van der Waals surface area contributed by atoms with Gasteiger partial charge in [-0.15, -0.1) is 0 Å². The highest BCUT2D eigenvalue weighted by atomic mass is 16.2. The second kappa shape index (κ2) is 6.92. The Morgan fingerprint density at radius 2 is 2.15 bits per heavy atom. The first-order chi connectivity index (χ1) is 12.6. The van der Waals surface area contributed by atoms with Crippen LogP contribution in [0.2, 0.25) is 0 Å². The first kappa shape index (κ1) is 16.8. The molecule has 134 valence electrons. The van der Waals surface area contributed by atoms with Crippen molar-refractivity contribution in [2.24, 2.45) is 5.92 Å². The third kappa shape index (κ3) is 3.10. The number of hydrogen-bond acceptors (Lipinski definition) is 3. The van der Waals surface area contributed by atoms with Crippen molar-refractivity contribution in [3.05, 3.63) is 66.1 Å². The van der Waals surface area contributed by atoms with Crippen LogP contribution in [0.1, 0.15) is 28.5 Å².